The zero-order valence-corrected chi connectivity index (χ0v) is 15.5. The summed E-state index contributed by atoms with van der Waals surface area (Å²) in [6.45, 7) is 1.49. The zero-order chi connectivity index (χ0) is 18.5. The van der Waals surface area contributed by atoms with E-state index in [-0.39, 0.29) is 11.7 Å². The smallest absolute Gasteiger partial charge is 0.230 e. The fraction of sp³-hybridized carbons (Fsp3) is 0.0500. The number of anilines is 2. The van der Waals surface area contributed by atoms with Crippen molar-refractivity contribution in [3.8, 4) is 0 Å². The van der Waals surface area contributed by atoms with Crippen molar-refractivity contribution in [3.63, 3.8) is 0 Å². The lowest BCUT2D eigenvalue weighted by molar-refractivity contribution is -0.115. The SMILES string of the molecule is CC(=O)N(c1ccccc1)c1nc(/C=C/C(=O)c2ccccc2Cl)cs1. The monoisotopic (exact) mass is 382 g/mol. The van der Waals surface area contributed by atoms with Gasteiger partial charge in [0, 0.05) is 17.9 Å². The summed E-state index contributed by atoms with van der Waals surface area (Å²) in [6.07, 6.45) is 3.05. The van der Waals surface area contributed by atoms with Crippen LogP contribution in [0.5, 0.6) is 0 Å². The molecule has 0 saturated heterocycles. The minimum atomic E-state index is -0.198. The molecule has 1 heterocycles. The quantitative estimate of drug-likeness (QED) is 0.440. The van der Waals surface area contributed by atoms with E-state index in [1.165, 1.54) is 29.2 Å². The maximum absolute atomic E-state index is 12.2. The third kappa shape index (κ3) is 4.07. The van der Waals surface area contributed by atoms with Gasteiger partial charge in [0.2, 0.25) is 5.91 Å². The number of para-hydroxylation sites is 1. The summed E-state index contributed by atoms with van der Waals surface area (Å²) in [5, 5.41) is 2.76. The molecule has 0 radical (unpaired) electrons. The van der Waals surface area contributed by atoms with Crippen LogP contribution >= 0.6 is 22.9 Å². The summed E-state index contributed by atoms with van der Waals surface area (Å²) in [5.41, 5.74) is 1.79. The van der Waals surface area contributed by atoms with E-state index >= 15 is 0 Å². The van der Waals surface area contributed by atoms with E-state index in [4.69, 9.17) is 11.6 Å². The van der Waals surface area contributed by atoms with E-state index in [9.17, 15) is 9.59 Å². The van der Waals surface area contributed by atoms with E-state index in [0.717, 1.165) is 5.69 Å². The molecule has 0 spiro atoms. The second-order valence-corrected chi connectivity index (χ2v) is 6.67. The molecule has 0 atom stereocenters. The first kappa shape index (κ1) is 18.0. The molecule has 0 aliphatic carbocycles. The van der Waals surface area contributed by atoms with E-state index in [1.54, 1.807) is 35.7 Å². The van der Waals surface area contributed by atoms with Crippen molar-refractivity contribution in [2.24, 2.45) is 0 Å². The number of nitrogens with zero attached hydrogens (tertiary/aromatic N) is 2. The summed E-state index contributed by atoms with van der Waals surface area (Å²) in [5.74, 6) is -0.329. The van der Waals surface area contributed by atoms with Crippen molar-refractivity contribution in [1.82, 2.24) is 4.98 Å². The first-order valence-corrected chi connectivity index (χ1v) is 9.10. The minimum Gasteiger partial charge on any atom is -0.289 e. The van der Waals surface area contributed by atoms with Crippen molar-refractivity contribution >= 4 is 51.5 Å². The molecule has 0 saturated carbocycles. The second-order valence-electron chi connectivity index (χ2n) is 5.42. The van der Waals surface area contributed by atoms with Crippen molar-refractivity contribution in [2.75, 3.05) is 4.90 Å². The third-order valence-electron chi connectivity index (χ3n) is 3.58. The molecule has 0 bridgehead atoms. The van der Waals surface area contributed by atoms with Crippen LogP contribution in [0.4, 0.5) is 10.8 Å². The van der Waals surface area contributed by atoms with Gasteiger partial charge in [0.15, 0.2) is 10.9 Å². The van der Waals surface area contributed by atoms with E-state index in [0.29, 0.717) is 21.4 Å². The van der Waals surface area contributed by atoms with Gasteiger partial charge in [-0.25, -0.2) is 4.98 Å². The minimum absolute atomic E-state index is 0.131. The van der Waals surface area contributed by atoms with Crippen LogP contribution in [0.25, 0.3) is 6.08 Å². The highest BCUT2D eigenvalue weighted by Gasteiger charge is 2.17. The van der Waals surface area contributed by atoms with Gasteiger partial charge in [0.05, 0.1) is 16.4 Å². The number of carbonyl (C=O) groups excluding carboxylic acids is 2. The Morgan fingerprint density at radius 3 is 2.46 bits per heavy atom. The summed E-state index contributed by atoms with van der Waals surface area (Å²) in [4.78, 5) is 30.3. The lowest BCUT2D eigenvalue weighted by Crippen LogP contribution is -2.22. The summed E-state index contributed by atoms with van der Waals surface area (Å²) in [7, 11) is 0. The Balaban J connectivity index is 1.82. The Labute approximate surface area is 160 Å². The number of hydrogen-bond acceptors (Lipinski definition) is 4. The van der Waals surface area contributed by atoms with Crippen LogP contribution in [0.1, 0.15) is 23.0 Å². The van der Waals surface area contributed by atoms with Crippen molar-refractivity contribution in [3.05, 3.63) is 82.3 Å². The maximum atomic E-state index is 12.2. The van der Waals surface area contributed by atoms with Gasteiger partial charge in [0.1, 0.15) is 0 Å². The first-order valence-electron chi connectivity index (χ1n) is 7.84. The van der Waals surface area contributed by atoms with Crippen LogP contribution in [0.2, 0.25) is 5.02 Å². The first-order chi connectivity index (χ1) is 12.6. The van der Waals surface area contributed by atoms with Gasteiger partial charge in [-0.1, -0.05) is 41.9 Å². The number of ketones is 1. The summed E-state index contributed by atoms with van der Waals surface area (Å²) in [6, 6.07) is 16.2. The van der Waals surface area contributed by atoms with Crippen molar-refractivity contribution < 1.29 is 9.59 Å². The maximum Gasteiger partial charge on any atom is 0.230 e. The lowest BCUT2D eigenvalue weighted by Gasteiger charge is -2.17. The molecule has 4 nitrogen and oxygen atoms in total. The summed E-state index contributed by atoms with van der Waals surface area (Å²) >= 11 is 7.37. The number of hydrogen-bond donors (Lipinski definition) is 0. The van der Waals surface area contributed by atoms with Crippen LogP contribution in [-0.2, 0) is 4.79 Å². The molecule has 0 N–H and O–H groups in total. The Hall–Kier alpha value is -2.76. The van der Waals surface area contributed by atoms with Gasteiger partial charge in [-0.2, -0.15) is 0 Å². The van der Waals surface area contributed by atoms with Crippen molar-refractivity contribution in [1.29, 1.82) is 0 Å². The molecule has 1 aromatic heterocycles. The Morgan fingerprint density at radius 1 is 1.08 bits per heavy atom. The highest BCUT2D eigenvalue weighted by Crippen LogP contribution is 2.29. The number of allylic oxidation sites excluding steroid dienone is 1. The average molecular weight is 383 g/mol. The van der Waals surface area contributed by atoms with E-state index < -0.39 is 0 Å². The van der Waals surface area contributed by atoms with Crippen LogP contribution in [0.15, 0.2) is 66.1 Å². The number of halogens is 1. The molecule has 2 aromatic carbocycles. The highest BCUT2D eigenvalue weighted by atomic mass is 35.5. The summed E-state index contributed by atoms with van der Waals surface area (Å²) < 4.78 is 0. The van der Waals surface area contributed by atoms with Crippen molar-refractivity contribution in [2.45, 2.75) is 6.92 Å². The predicted molar refractivity (Wildman–Crippen MR) is 106 cm³/mol. The van der Waals surface area contributed by atoms with Gasteiger partial charge < -0.3 is 0 Å². The van der Waals surface area contributed by atoms with Crippen LogP contribution in [0, 0.1) is 0 Å². The Morgan fingerprint density at radius 2 is 1.77 bits per heavy atom. The number of aromatic nitrogens is 1. The number of rotatable bonds is 5. The average Bonchev–Trinajstić information content (AvgIpc) is 3.09. The standard InChI is InChI=1S/C20H15ClN2O2S/c1-14(24)23(16-7-3-2-4-8-16)20-22-15(13-26-20)11-12-19(25)17-9-5-6-10-18(17)21/h2-13H,1H3/b12-11+. The molecule has 3 aromatic rings. The van der Waals surface area contributed by atoms with Gasteiger partial charge in [-0.3, -0.25) is 14.5 Å². The van der Waals surface area contributed by atoms with Gasteiger partial charge in [-0.05, 0) is 36.4 Å². The molecule has 1 amide bonds. The molecule has 0 unspecified atom stereocenters. The molecule has 3 rings (SSSR count). The van der Waals surface area contributed by atoms with E-state index in [2.05, 4.69) is 4.98 Å². The number of amides is 1. The Bertz CT molecular complexity index is 967. The van der Waals surface area contributed by atoms with Crippen LogP contribution in [-0.4, -0.2) is 16.7 Å². The largest absolute Gasteiger partial charge is 0.289 e. The fourth-order valence-electron chi connectivity index (χ4n) is 2.37. The normalized spacial score (nSPS) is 10.8. The Kier molecular flexibility index (Phi) is 5.61. The van der Waals surface area contributed by atoms with Gasteiger partial charge in [0.25, 0.3) is 0 Å². The molecule has 0 aliphatic rings. The van der Waals surface area contributed by atoms with Crippen LogP contribution in [0.3, 0.4) is 0 Å². The molecule has 0 aliphatic heterocycles. The highest BCUT2D eigenvalue weighted by molar-refractivity contribution is 7.14. The van der Waals surface area contributed by atoms with E-state index in [1.807, 2.05) is 30.3 Å². The molecule has 130 valence electrons. The molecular formula is C20H15ClN2O2S. The zero-order valence-electron chi connectivity index (χ0n) is 13.9. The topological polar surface area (TPSA) is 50.3 Å². The lowest BCUT2D eigenvalue weighted by atomic mass is 10.1. The number of thiazole rings is 1. The number of benzene rings is 2. The van der Waals surface area contributed by atoms with Crippen LogP contribution < -0.4 is 4.90 Å². The number of carbonyl (C=O) groups is 2. The van der Waals surface area contributed by atoms with Gasteiger partial charge in [-0.15, -0.1) is 11.3 Å². The molecule has 6 heteroatoms. The fourth-order valence-corrected chi connectivity index (χ4v) is 3.46. The molecule has 0 fully saturated rings. The van der Waals surface area contributed by atoms with Gasteiger partial charge >= 0.3 is 0 Å². The molecule has 26 heavy (non-hydrogen) atoms. The second kappa shape index (κ2) is 8.08. The third-order valence-corrected chi connectivity index (χ3v) is 4.75. The molecular weight excluding hydrogens is 368 g/mol. The predicted octanol–water partition coefficient (Wildman–Crippen LogP) is 5.38.